The van der Waals surface area contributed by atoms with Gasteiger partial charge >= 0.3 is 0 Å². The van der Waals surface area contributed by atoms with Crippen molar-refractivity contribution < 1.29 is 14.3 Å². The smallest absolute Gasteiger partial charge is 0.246 e. The van der Waals surface area contributed by atoms with Crippen LogP contribution in [0.25, 0.3) is 11.1 Å². The maximum Gasteiger partial charge on any atom is 0.246 e. The lowest BCUT2D eigenvalue weighted by molar-refractivity contribution is -0.116. The molecule has 5 heteroatoms. The molecule has 0 aromatic heterocycles. The predicted molar refractivity (Wildman–Crippen MR) is 111 cm³/mol. The van der Waals surface area contributed by atoms with E-state index in [0.717, 1.165) is 28.3 Å². The van der Waals surface area contributed by atoms with Gasteiger partial charge < -0.3 is 20.1 Å². The molecule has 3 aromatic carbocycles. The highest BCUT2D eigenvalue weighted by atomic mass is 16.6. The minimum Gasteiger partial charge on any atom is -0.486 e. The highest BCUT2D eigenvalue weighted by molar-refractivity contribution is 5.99. The Labute approximate surface area is 164 Å². The van der Waals surface area contributed by atoms with Crippen LogP contribution in [0.4, 0.5) is 11.4 Å². The van der Waals surface area contributed by atoms with Crippen LogP contribution in [-0.2, 0) is 4.79 Å². The number of para-hydroxylation sites is 1. The largest absolute Gasteiger partial charge is 0.486 e. The molecule has 0 saturated heterocycles. The SMILES string of the molecule is C[C@H](Nc1ccc2c(c1)OCCO2)C(=O)Nc1ccccc1-c1ccccc1. The second kappa shape index (κ2) is 8.05. The second-order valence-electron chi connectivity index (χ2n) is 6.63. The molecule has 0 fully saturated rings. The standard InChI is InChI=1S/C23H22N2O3/c1-16(24-18-11-12-21-22(15-18)28-14-13-27-21)23(26)25-20-10-6-5-9-19(20)17-7-3-2-4-8-17/h2-12,15-16,24H,13-14H2,1H3,(H,25,26)/t16-/m0/s1. The van der Waals surface area contributed by atoms with Gasteiger partial charge in [0.05, 0.1) is 0 Å². The van der Waals surface area contributed by atoms with Crippen LogP contribution in [0.1, 0.15) is 6.92 Å². The van der Waals surface area contributed by atoms with Crippen LogP contribution in [0.2, 0.25) is 0 Å². The highest BCUT2D eigenvalue weighted by Crippen LogP contribution is 2.33. The van der Waals surface area contributed by atoms with Crippen LogP contribution in [0, 0.1) is 0 Å². The Balaban J connectivity index is 1.47. The fourth-order valence-corrected chi connectivity index (χ4v) is 3.15. The number of rotatable bonds is 5. The third-order valence-electron chi connectivity index (χ3n) is 4.59. The Morgan fingerprint density at radius 1 is 0.893 bits per heavy atom. The molecule has 0 spiro atoms. The zero-order valence-corrected chi connectivity index (χ0v) is 15.6. The van der Waals surface area contributed by atoms with Crippen molar-refractivity contribution in [1.82, 2.24) is 0 Å². The number of ether oxygens (including phenoxy) is 2. The molecule has 28 heavy (non-hydrogen) atoms. The quantitative estimate of drug-likeness (QED) is 0.687. The number of fused-ring (bicyclic) bond motifs is 1. The van der Waals surface area contributed by atoms with Crippen molar-refractivity contribution in [2.75, 3.05) is 23.8 Å². The van der Waals surface area contributed by atoms with Gasteiger partial charge in [0.15, 0.2) is 11.5 Å². The normalized spacial score (nSPS) is 13.5. The van der Waals surface area contributed by atoms with Gasteiger partial charge in [-0.15, -0.1) is 0 Å². The van der Waals surface area contributed by atoms with Gasteiger partial charge in [0, 0.05) is 23.0 Å². The molecule has 0 saturated carbocycles. The van der Waals surface area contributed by atoms with Crippen molar-refractivity contribution in [3.63, 3.8) is 0 Å². The molecule has 2 N–H and O–H groups in total. The van der Waals surface area contributed by atoms with Gasteiger partial charge in [-0.25, -0.2) is 0 Å². The summed E-state index contributed by atoms with van der Waals surface area (Å²) in [4.78, 5) is 12.8. The lowest BCUT2D eigenvalue weighted by atomic mass is 10.0. The van der Waals surface area contributed by atoms with E-state index in [1.807, 2.05) is 79.7 Å². The summed E-state index contributed by atoms with van der Waals surface area (Å²) in [5.41, 5.74) is 3.64. The van der Waals surface area contributed by atoms with E-state index in [1.54, 1.807) is 0 Å². The maximum absolute atomic E-state index is 12.8. The first kappa shape index (κ1) is 17.9. The molecular weight excluding hydrogens is 352 g/mol. The van der Waals surface area contributed by atoms with Crippen LogP contribution in [0.15, 0.2) is 72.8 Å². The summed E-state index contributed by atoms with van der Waals surface area (Å²) in [6.07, 6.45) is 0. The second-order valence-corrected chi connectivity index (χ2v) is 6.63. The first-order chi connectivity index (χ1) is 13.7. The van der Waals surface area contributed by atoms with Crippen molar-refractivity contribution >= 4 is 17.3 Å². The Kier molecular flexibility index (Phi) is 5.15. The number of amides is 1. The van der Waals surface area contributed by atoms with Crippen LogP contribution in [0.3, 0.4) is 0 Å². The third-order valence-corrected chi connectivity index (χ3v) is 4.59. The number of carbonyl (C=O) groups is 1. The minimum atomic E-state index is -0.425. The molecule has 5 nitrogen and oxygen atoms in total. The van der Waals surface area contributed by atoms with Gasteiger partial charge in [-0.1, -0.05) is 48.5 Å². The number of anilines is 2. The summed E-state index contributed by atoms with van der Waals surface area (Å²) in [6, 6.07) is 23.0. The molecule has 1 aliphatic rings. The first-order valence-corrected chi connectivity index (χ1v) is 9.32. The average molecular weight is 374 g/mol. The number of hydrogen-bond acceptors (Lipinski definition) is 4. The maximum atomic E-state index is 12.8. The summed E-state index contributed by atoms with van der Waals surface area (Å²) in [5.74, 6) is 1.31. The topological polar surface area (TPSA) is 59.6 Å². The number of benzene rings is 3. The van der Waals surface area contributed by atoms with Gasteiger partial charge in [-0.05, 0) is 30.7 Å². The minimum absolute atomic E-state index is 0.113. The van der Waals surface area contributed by atoms with Crippen molar-refractivity contribution in [1.29, 1.82) is 0 Å². The van der Waals surface area contributed by atoms with Gasteiger partial charge in [-0.2, -0.15) is 0 Å². The molecule has 1 amide bonds. The summed E-state index contributed by atoms with van der Waals surface area (Å²) in [7, 11) is 0. The summed E-state index contributed by atoms with van der Waals surface area (Å²) in [5, 5.41) is 6.26. The average Bonchev–Trinajstić information content (AvgIpc) is 2.74. The lowest BCUT2D eigenvalue weighted by Gasteiger charge is -2.21. The van der Waals surface area contributed by atoms with E-state index < -0.39 is 6.04 Å². The fraction of sp³-hybridized carbons (Fsp3) is 0.174. The van der Waals surface area contributed by atoms with Crippen molar-refractivity contribution in [2.24, 2.45) is 0 Å². The predicted octanol–water partition coefficient (Wildman–Crippen LogP) is 4.56. The summed E-state index contributed by atoms with van der Waals surface area (Å²) in [6.45, 7) is 2.92. The molecule has 142 valence electrons. The molecule has 1 heterocycles. The monoisotopic (exact) mass is 374 g/mol. The zero-order valence-electron chi connectivity index (χ0n) is 15.6. The number of nitrogens with one attached hydrogen (secondary N) is 2. The molecule has 1 atom stereocenters. The van der Waals surface area contributed by atoms with Crippen molar-refractivity contribution in [2.45, 2.75) is 13.0 Å². The molecule has 0 unspecified atom stereocenters. The van der Waals surface area contributed by atoms with E-state index in [0.29, 0.717) is 19.0 Å². The van der Waals surface area contributed by atoms with E-state index in [4.69, 9.17) is 9.47 Å². The van der Waals surface area contributed by atoms with Crippen LogP contribution in [0.5, 0.6) is 11.5 Å². The fourth-order valence-electron chi connectivity index (χ4n) is 3.15. The third kappa shape index (κ3) is 3.93. The van der Waals surface area contributed by atoms with Crippen molar-refractivity contribution in [3.8, 4) is 22.6 Å². The number of hydrogen-bond donors (Lipinski definition) is 2. The Morgan fingerprint density at radius 3 is 2.43 bits per heavy atom. The van der Waals surface area contributed by atoms with Gasteiger partial charge in [-0.3, -0.25) is 4.79 Å². The van der Waals surface area contributed by atoms with Crippen molar-refractivity contribution in [3.05, 3.63) is 72.8 Å². The molecule has 1 aliphatic heterocycles. The van der Waals surface area contributed by atoms with Gasteiger partial charge in [0.1, 0.15) is 19.3 Å². The Morgan fingerprint density at radius 2 is 1.61 bits per heavy atom. The van der Waals surface area contributed by atoms with Crippen LogP contribution in [-0.4, -0.2) is 25.2 Å². The van der Waals surface area contributed by atoms with E-state index >= 15 is 0 Å². The lowest BCUT2D eigenvalue weighted by Crippen LogP contribution is -2.32. The highest BCUT2D eigenvalue weighted by Gasteiger charge is 2.17. The van der Waals surface area contributed by atoms with E-state index in [2.05, 4.69) is 10.6 Å². The molecule has 0 aliphatic carbocycles. The van der Waals surface area contributed by atoms with E-state index in [1.165, 1.54) is 0 Å². The zero-order chi connectivity index (χ0) is 19.3. The molecule has 3 aromatic rings. The summed E-state index contributed by atoms with van der Waals surface area (Å²) >= 11 is 0. The Hall–Kier alpha value is -3.47. The molecule has 4 rings (SSSR count). The number of carbonyl (C=O) groups excluding carboxylic acids is 1. The molecule has 0 radical (unpaired) electrons. The van der Waals surface area contributed by atoms with Crippen LogP contribution >= 0.6 is 0 Å². The summed E-state index contributed by atoms with van der Waals surface area (Å²) < 4.78 is 11.1. The van der Waals surface area contributed by atoms with E-state index in [9.17, 15) is 4.79 Å². The first-order valence-electron chi connectivity index (χ1n) is 9.32. The Bertz CT molecular complexity index is 973. The molecule has 0 bridgehead atoms. The van der Waals surface area contributed by atoms with Gasteiger partial charge in [0.2, 0.25) is 5.91 Å². The van der Waals surface area contributed by atoms with Crippen LogP contribution < -0.4 is 20.1 Å². The molecular formula is C23H22N2O3. The van der Waals surface area contributed by atoms with E-state index in [-0.39, 0.29) is 5.91 Å². The van der Waals surface area contributed by atoms with Gasteiger partial charge in [0.25, 0.3) is 0 Å².